The van der Waals surface area contributed by atoms with Crippen molar-refractivity contribution in [2.24, 2.45) is 0 Å². The molecule has 0 saturated carbocycles. The lowest BCUT2D eigenvalue weighted by atomic mass is 10.0. The number of ketones is 1. The molecular weight excluding hydrogens is 298 g/mol. The van der Waals surface area contributed by atoms with Gasteiger partial charge in [0.25, 0.3) is 0 Å². The molecule has 2 aromatic carbocycles. The number of carbonyl (C=O) groups excluding carboxylic acids is 1. The van der Waals surface area contributed by atoms with Gasteiger partial charge in [0.15, 0.2) is 5.78 Å². The maximum Gasteiger partial charge on any atom is 0.193 e. The van der Waals surface area contributed by atoms with E-state index in [0.717, 1.165) is 18.8 Å². The molecule has 0 aromatic heterocycles. The highest BCUT2D eigenvalue weighted by atomic mass is 16.5. The number of benzene rings is 2. The minimum atomic E-state index is 0.0206. The van der Waals surface area contributed by atoms with Gasteiger partial charge >= 0.3 is 0 Å². The molecule has 0 unspecified atom stereocenters. The van der Waals surface area contributed by atoms with E-state index in [4.69, 9.17) is 4.74 Å². The number of likely N-dealkylation sites (N-methyl/N-ethyl adjacent to an activating group) is 1. The summed E-state index contributed by atoms with van der Waals surface area (Å²) in [6, 6.07) is 16.5. The molecule has 24 heavy (non-hydrogen) atoms. The van der Waals surface area contributed by atoms with E-state index in [9.17, 15) is 4.79 Å². The van der Waals surface area contributed by atoms with E-state index in [0.29, 0.717) is 17.7 Å². The van der Waals surface area contributed by atoms with Crippen LogP contribution in [0.1, 0.15) is 15.9 Å². The quantitative estimate of drug-likeness (QED) is 0.517. The molecule has 0 heterocycles. The van der Waals surface area contributed by atoms with Gasteiger partial charge in [-0.25, -0.2) is 0 Å². The van der Waals surface area contributed by atoms with E-state index in [1.807, 2.05) is 61.7 Å². The van der Waals surface area contributed by atoms with Gasteiger partial charge in [0.05, 0.1) is 0 Å². The van der Waals surface area contributed by atoms with Gasteiger partial charge in [-0.05, 0) is 31.3 Å². The zero-order valence-corrected chi connectivity index (χ0v) is 14.0. The van der Waals surface area contributed by atoms with Gasteiger partial charge in [-0.15, -0.1) is 6.58 Å². The standard InChI is InChI=1S/C21H23NO2/c1-3-15-22(2)16-7-8-17-24-20-13-11-19(12-14-20)21(23)18-9-5-4-6-10-18/h3-14H,1,15-17H2,2H3. The largest absolute Gasteiger partial charge is 0.490 e. The van der Waals surface area contributed by atoms with Crippen molar-refractivity contribution in [3.63, 3.8) is 0 Å². The summed E-state index contributed by atoms with van der Waals surface area (Å²) in [5.74, 6) is 0.774. The van der Waals surface area contributed by atoms with Crippen LogP contribution in [0.5, 0.6) is 5.75 Å². The Morgan fingerprint density at radius 3 is 2.33 bits per heavy atom. The monoisotopic (exact) mass is 321 g/mol. The van der Waals surface area contributed by atoms with Crippen molar-refractivity contribution in [2.75, 3.05) is 26.7 Å². The van der Waals surface area contributed by atoms with Gasteiger partial charge in [0.2, 0.25) is 0 Å². The fraction of sp³-hybridized carbons (Fsp3) is 0.190. The Kier molecular flexibility index (Phi) is 6.99. The van der Waals surface area contributed by atoms with E-state index in [2.05, 4.69) is 17.6 Å². The number of rotatable bonds is 9. The first-order chi connectivity index (χ1) is 11.7. The predicted molar refractivity (Wildman–Crippen MR) is 98.6 cm³/mol. The molecule has 0 amide bonds. The van der Waals surface area contributed by atoms with E-state index in [-0.39, 0.29) is 5.78 Å². The van der Waals surface area contributed by atoms with Crippen molar-refractivity contribution in [1.29, 1.82) is 0 Å². The maximum atomic E-state index is 12.3. The van der Waals surface area contributed by atoms with Gasteiger partial charge in [-0.1, -0.05) is 48.6 Å². The fourth-order valence-electron chi connectivity index (χ4n) is 2.22. The summed E-state index contributed by atoms with van der Waals surface area (Å²) in [6.07, 6.45) is 5.93. The average Bonchev–Trinajstić information content (AvgIpc) is 2.62. The first-order valence-electron chi connectivity index (χ1n) is 7.97. The number of hydrogen-bond acceptors (Lipinski definition) is 3. The van der Waals surface area contributed by atoms with E-state index in [1.165, 1.54) is 0 Å². The molecule has 0 fully saturated rings. The molecule has 0 spiro atoms. The Labute approximate surface area is 143 Å². The van der Waals surface area contributed by atoms with Crippen LogP contribution in [0.15, 0.2) is 79.4 Å². The van der Waals surface area contributed by atoms with Crippen LogP contribution in [0.2, 0.25) is 0 Å². The molecule has 0 aliphatic carbocycles. The van der Waals surface area contributed by atoms with Crippen molar-refractivity contribution in [2.45, 2.75) is 0 Å². The molecule has 2 rings (SSSR count). The van der Waals surface area contributed by atoms with Crippen molar-refractivity contribution >= 4 is 5.78 Å². The molecule has 0 bridgehead atoms. The van der Waals surface area contributed by atoms with Crippen molar-refractivity contribution < 1.29 is 9.53 Å². The molecular formula is C21H23NO2. The zero-order valence-electron chi connectivity index (χ0n) is 14.0. The third kappa shape index (κ3) is 5.52. The number of carbonyl (C=O) groups is 1. The number of nitrogens with zero attached hydrogens (tertiary/aromatic N) is 1. The highest BCUT2D eigenvalue weighted by Gasteiger charge is 2.08. The van der Waals surface area contributed by atoms with Crippen LogP contribution in [-0.4, -0.2) is 37.4 Å². The summed E-state index contributed by atoms with van der Waals surface area (Å²) in [5, 5.41) is 0. The molecule has 0 aliphatic rings. The highest BCUT2D eigenvalue weighted by molar-refractivity contribution is 6.08. The summed E-state index contributed by atoms with van der Waals surface area (Å²) in [4.78, 5) is 14.5. The summed E-state index contributed by atoms with van der Waals surface area (Å²) >= 11 is 0. The summed E-state index contributed by atoms with van der Waals surface area (Å²) in [5.41, 5.74) is 1.35. The van der Waals surface area contributed by atoms with E-state index < -0.39 is 0 Å². The van der Waals surface area contributed by atoms with Crippen LogP contribution in [0.25, 0.3) is 0 Å². The topological polar surface area (TPSA) is 29.5 Å². The van der Waals surface area contributed by atoms with Crippen molar-refractivity contribution in [3.8, 4) is 5.75 Å². The molecule has 3 heteroatoms. The lowest BCUT2D eigenvalue weighted by molar-refractivity contribution is 0.103. The number of hydrogen-bond donors (Lipinski definition) is 0. The molecule has 3 nitrogen and oxygen atoms in total. The highest BCUT2D eigenvalue weighted by Crippen LogP contribution is 2.15. The summed E-state index contributed by atoms with van der Waals surface area (Å²) < 4.78 is 5.65. The first kappa shape index (κ1) is 17.7. The Hall–Kier alpha value is -2.65. The van der Waals surface area contributed by atoms with Crippen LogP contribution in [0.4, 0.5) is 0 Å². The maximum absolute atomic E-state index is 12.3. The second-order valence-electron chi connectivity index (χ2n) is 5.51. The second kappa shape index (κ2) is 9.48. The lowest BCUT2D eigenvalue weighted by Crippen LogP contribution is -2.17. The van der Waals surface area contributed by atoms with Crippen LogP contribution < -0.4 is 4.74 Å². The van der Waals surface area contributed by atoms with Gasteiger partial charge in [-0.2, -0.15) is 0 Å². The van der Waals surface area contributed by atoms with Crippen LogP contribution >= 0.6 is 0 Å². The Balaban J connectivity index is 1.83. The fourth-order valence-corrected chi connectivity index (χ4v) is 2.22. The predicted octanol–water partition coefficient (Wildman–Crippen LogP) is 3.97. The van der Waals surface area contributed by atoms with E-state index >= 15 is 0 Å². The SMILES string of the molecule is C=CCN(C)CC=CCOc1ccc(C(=O)c2ccccc2)cc1. The zero-order chi connectivity index (χ0) is 17.2. The Bertz CT molecular complexity index is 675. The molecule has 0 radical (unpaired) electrons. The number of ether oxygens (including phenoxy) is 1. The minimum absolute atomic E-state index is 0.0206. The normalized spacial score (nSPS) is 10.9. The molecule has 0 atom stereocenters. The Morgan fingerprint density at radius 2 is 1.67 bits per heavy atom. The lowest BCUT2D eigenvalue weighted by Gasteiger charge is -2.10. The summed E-state index contributed by atoms with van der Waals surface area (Å²) in [6.45, 7) is 5.94. The molecule has 0 aliphatic heterocycles. The molecule has 2 aromatic rings. The molecule has 124 valence electrons. The molecule has 0 N–H and O–H groups in total. The first-order valence-corrected chi connectivity index (χ1v) is 7.97. The van der Waals surface area contributed by atoms with Gasteiger partial charge < -0.3 is 4.74 Å². The third-order valence-corrected chi connectivity index (χ3v) is 3.52. The van der Waals surface area contributed by atoms with Crippen molar-refractivity contribution in [1.82, 2.24) is 4.90 Å². The van der Waals surface area contributed by atoms with Crippen LogP contribution in [-0.2, 0) is 0 Å². The summed E-state index contributed by atoms with van der Waals surface area (Å²) in [7, 11) is 2.04. The third-order valence-electron chi connectivity index (χ3n) is 3.52. The average molecular weight is 321 g/mol. The van der Waals surface area contributed by atoms with Gasteiger partial charge in [0, 0.05) is 24.2 Å². The smallest absolute Gasteiger partial charge is 0.193 e. The Morgan fingerprint density at radius 1 is 1.00 bits per heavy atom. The van der Waals surface area contributed by atoms with Gasteiger partial charge in [0.1, 0.15) is 12.4 Å². The molecule has 0 saturated heterocycles. The second-order valence-corrected chi connectivity index (χ2v) is 5.51. The van der Waals surface area contributed by atoms with Crippen LogP contribution in [0, 0.1) is 0 Å². The van der Waals surface area contributed by atoms with Crippen molar-refractivity contribution in [3.05, 3.63) is 90.5 Å². The van der Waals surface area contributed by atoms with Crippen LogP contribution in [0.3, 0.4) is 0 Å². The van der Waals surface area contributed by atoms with Gasteiger partial charge in [-0.3, -0.25) is 9.69 Å². The minimum Gasteiger partial charge on any atom is -0.490 e. The van der Waals surface area contributed by atoms with E-state index in [1.54, 1.807) is 12.1 Å².